The number of amides is 1. The quantitative estimate of drug-likeness (QED) is 0.449. The molecule has 2 aliphatic rings. The Morgan fingerprint density at radius 1 is 1.09 bits per heavy atom. The molecule has 170 valence electrons. The Morgan fingerprint density at radius 3 is 2.62 bits per heavy atom. The average molecular weight is 481 g/mol. The van der Waals surface area contributed by atoms with Crippen LogP contribution in [0.2, 0.25) is 0 Å². The lowest BCUT2D eigenvalue weighted by molar-refractivity contribution is -0.124. The molecule has 0 aromatic heterocycles. The van der Waals surface area contributed by atoms with E-state index in [0.717, 1.165) is 4.31 Å². The van der Waals surface area contributed by atoms with Gasteiger partial charge in [-0.3, -0.25) is 15.6 Å². The number of hydrogen-bond acceptors (Lipinski definition) is 6. The van der Waals surface area contributed by atoms with Crippen molar-refractivity contribution in [3.8, 4) is 11.5 Å². The normalized spacial score (nSPS) is 18.1. The second-order valence-corrected chi connectivity index (χ2v) is 9.43. The number of nitrogens with one attached hydrogen (secondary N) is 3. The number of thiocarbonyl (C=S) groups is 1. The van der Waals surface area contributed by atoms with Crippen molar-refractivity contribution in [2.75, 3.05) is 25.1 Å². The van der Waals surface area contributed by atoms with E-state index >= 15 is 0 Å². The Kier molecular flexibility index (Phi) is 6.44. The zero-order valence-electron chi connectivity index (χ0n) is 16.8. The highest BCUT2D eigenvalue weighted by atomic mass is 32.2. The Balaban J connectivity index is 1.42. The van der Waals surface area contributed by atoms with Gasteiger partial charge in [-0.05, 0) is 49.3 Å². The molecule has 2 heterocycles. The number of halogens is 1. The van der Waals surface area contributed by atoms with Gasteiger partial charge < -0.3 is 14.8 Å². The summed E-state index contributed by atoms with van der Waals surface area (Å²) in [6, 6.07) is 9.39. The van der Waals surface area contributed by atoms with E-state index in [1.54, 1.807) is 12.1 Å². The van der Waals surface area contributed by atoms with E-state index in [1.165, 1.54) is 30.3 Å². The van der Waals surface area contributed by atoms with E-state index in [4.69, 9.17) is 21.7 Å². The molecule has 2 aromatic rings. The molecular formula is C20H21FN4O5S2. The lowest BCUT2D eigenvalue weighted by Crippen LogP contribution is -2.52. The van der Waals surface area contributed by atoms with Gasteiger partial charge in [0.05, 0.1) is 10.6 Å². The van der Waals surface area contributed by atoms with Crippen LogP contribution in [0.4, 0.5) is 10.1 Å². The van der Waals surface area contributed by atoms with E-state index in [9.17, 15) is 17.6 Å². The first-order valence-electron chi connectivity index (χ1n) is 9.89. The molecule has 9 nitrogen and oxygen atoms in total. The fourth-order valence-electron chi connectivity index (χ4n) is 3.53. The number of ether oxygens (including phenoxy) is 2. The summed E-state index contributed by atoms with van der Waals surface area (Å²) in [7, 11) is -3.95. The molecule has 1 atom stereocenters. The first-order chi connectivity index (χ1) is 15.4. The first kappa shape index (κ1) is 22.2. The molecule has 1 saturated heterocycles. The number of hydrogen-bond donors (Lipinski definition) is 3. The van der Waals surface area contributed by atoms with Crippen LogP contribution >= 0.6 is 12.2 Å². The molecule has 32 heavy (non-hydrogen) atoms. The van der Waals surface area contributed by atoms with Crippen molar-refractivity contribution in [3.05, 3.63) is 48.3 Å². The van der Waals surface area contributed by atoms with Gasteiger partial charge >= 0.3 is 0 Å². The standard InChI is InChI=1S/C20H21FN4O5S2/c21-14-4-1-2-5-15(14)22-20(31)24-23-19(26)16-6-3-9-25(16)32(27,28)13-7-8-17-18(12-13)30-11-10-29-17/h1-2,4-5,7-8,12,16H,3,6,9-11H2,(H,23,26)(H2,22,24,31). The number of carbonyl (C=O) groups excluding carboxylic acids is 1. The minimum atomic E-state index is -3.95. The molecule has 0 bridgehead atoms. The van der Waals surface area contributed by atoms with Crippen LogP contribution in [0.5, 0.6) is 11.5 Å². The van der Waals surface area contributed by atoms with Gasteiger partial charge in [0.1, 0.15) is 25.1 Å². The van der Waals surface area contributed by atoms with Gasteiger partial charge in [0.2, 0.25) is 10.0 Å². The van der Waals surface area contributed by atoms with Crippen LogP contribution < -0.4 is 25.6 Å². The van der Waals surface area contributed by atoms with Gasteiger partial charge in [-0.15, -0.1) is 0 Å². The molecule has 2 aliphatic heterocycles. The highest BCUT2D eigenvalue weighted by Crippen LogP contribution is 2.34. The van der Waals surface area contributed by atoms with Gasteiger partial charge in [0.15, 0.2) is 16.6 Å². The number of benzene rings is 2. The highest BCUT2D eigenvalue weighted by molar-refractivity contribution is 7.89. The fraction of sp³-hybridized carbons (Fsp3) is 0.300. The summed E-state index contributed by atoms with van der Waals surface area (Å²) in [4.78, 5) is 12.7. The monoisotopic (exact) mass is 480 g/mol. The van der Waals surface area contributed by atoms with Crippen molar-refractivity contribution in [1.29, 1.82) is 0 Å². The topological polar surface area (TPSA) is 109 Å². The Bertz CT molecular complexity index is 1140. The van der Waals surface area contributed by atoms with Gasteiger partial charge in [0, 0.05) is 12.6 Å². The van der Waals surface area contributed by atoms with Gasteiger partial charge in [-0.2, -0.15) is 4.31 Å². The predicted molar refractivity (Wildman–Crippen MR) is 118 cm³/mol. The van der Waals surface area contributed by atoms with Gasteiger partial charge in [-0.1, -0.05) is 12.1 Å². The molecule has 1 fully saturated rings. The van der Waals surface area contributed by atoms with Crippen LogP contribution in [0, 0.1) is 5.82 Å². The largest absolute Gasteiger partial charge is 0.486 e. The van der Waals surface area contributed by atoms with E-state index in [2.05, 4.69) is 16.2 Å². The maximum absolute atomic E-state index is 13.7. The molecule has 3 N–H and O–H groups in total. The maximum Gasteiger partial charge on any atom is 0.256 e. The number of anilines is 1. The lowest BCUT2D eigenvalue weighted by Gasteiger charge is -2.25. The number of carbonyl (C=O) groups is 1. The predicted octanol–water partition coefficient (Wildman–Crippen LogP) is 1.77. The van der Waals surface area contributed by atoms with E-state index < -0.39 is 27.8 Å². The Hall–Kier alpha value is -2.96. The van der Waals surface area contributed by atoms with Crippen LogP contribution in [0.25, 0.3) is 0 Å². The first-order valence-corrected chi connectivity index (χ1v) is 11.7. The number of sulfonamides is 1. The molecule has 0 spiro atoms. The van der Waals surface area contributed by atoms with Crippen LogP contribution in [0.1, 0.15) is 12.8 Å². The van der Waals surface area contributed by atoms with Crippen molar-refractivity contribution in [2.45, 2.75) is 23.8 Å². The molecule has 0 saturated carbocycles. The summed E-state index contributed by atoms with van der Waals surface area (Å²) >= 11 is 5.06. The summed E-state index contributed by atoms with van der Waals surface area (Å²) in [6.07, 6.45) is 0.880. The van der Waals surface area contributed by atoms with Crippen LogP contribution in [0.15, 0.2) is 47.4 Å². The zero-order chi connectivity index (χ0) is 22.7. The Morgan fingerprint density at radius 2 is 1.84 bits per heavy atom. The molecule has 0 radical (unpaired) electrons. The SMILES string of the molecule is O=C(NNC(=S)Nc1ccccc1F)C1CCCN1S(=O)(=O)c1ccc2c(c1)OCCO2. The van der Waals surface area contributed by atoms with Crippen molar-refractivity contribution in [1.82, 2.24) is 15.2 Å². The maximum atomic E-state index is 13.7. The number of hydrazine groups is 1. The second kappa shape index (κ2) is 9.27. The van der Waals surface area contributed by atoms with Crippen LogP contribution in [-0.2, 0) is 14.8 Å². The Labute approximate surface area is 189 Å². The summed E-state index contributed by atoms with van der Waals surface area (Å²) in [5.41, 5.74) is 5.03. The average Bonchev–Trinajstić information content (AvgIpc) is 3.30. The van der Waals surface area contributed by atoms with E-state index in [0.29, 0.717) is 37.6 Å². The van der Waals surface area contributed by atoms with Crippen molar-refractivity contribution in [2.24, 2.45) is 0 Å². The number of nitrogens with zero attached hydrogens (tertiary/aromatic N) is 1. The molecule has 0 aliphatic carbocycles. The molecule has 2 aromatic carbocycles. The van der Waals surface area contributed by atoms with Crippen molar-refractivity contribution >= 4 is 38.9 Å². The van der Waals surface area contributed by atoms with E-state index in [1.807, 2.05) is 0 Å². The molecular weight excluding hydrogens is 459 g/mol. The van der Waals surface area contributed by atoms with Gasteiger partial charge in [-0.25, -0.2) is 12.8 Å². The molecule has 1 amide bonds. The summed E-state index contributed by atoms with van der Waals surface area (Å²) < 4.78 is 52.2. The lowest BCUT2D eigenvalue weighted by atomic mass is 10.2. The molecule has 1 unspecified atom stereocenters. The minimum absolute atomic E-state index is 0.0196. The number of para-hydroxylation sites is 1. The smallest absolute Gasteiger partial charge is 0.256 e. The summed E-state index contributed by atoms with van der Waals surface area (Å²) in [5, 5.41) is 2.59. The van der Waals surface area contributed by atoms with Crippen molar-refractivity contribution in [3.63, 3.8) is 0 Å². The van der Waals surface area contributed by atoms with Crippen LogP contribution in [-0.4, -0.2) is 49.5 Å². The number of rotatable bonds is 4. The summed E-state index contributed by atoms with van der Waals surface area (Å²) in [6.45, 7) is 0.929. The van der Waals surface area contributed by atoms with Crippen LogP contribution in [0.3, 0.4) is 0 Å². The fourth-order valence-corrected chi connectivity index (χ4v) is 5.36. The van der Waals surface area contributed by atoms with Gasteiger partial charge in [0.25, 0.3) is 5.91 Å². The summed E-state index contributed by atoms with van der Waals surface area (Å²) in [5.74, 6) is -0.244. The zero-order valence-corrected chi connectivity index (χ0v) is 18.5. The molecule has 4 rings (SSSR count). The van der Waals surface area contributed by atoms with Crippen molar-refractivity contribution < 1.29 is 27.1 Å². The minimum Gasteiger partial charge on any atom is -0.486 e. The highest BCUT2D eigenvalue weighted by Gasteiger charge is 2.40. The second-order valence-electron chi connectivity index (χ2n) is 7.13. The third kappa shape index (κ3) is 4.61. The molecule has 12 heteroatoms. The third-order valence-corrected chi connectivity index (χ3v) is 7.16. The van der Waals surface area contributed by atoms with E-state index in [-0.39, 0.29) is 22.2 Å². The third-order valence-electron chi connectivity index (χ3n) is 5.05. The number of fused-ring (bicyclic) bond motifs is 1.